The van der Waals surface area contributed by atoms with Gasteiger partial charge in [0, 0.05) is 0 Å². The van der Waals surface area contributed by atoms with E-state index in [1.165, 1.54) is 5.57 Å². The van der Waals surface area contributed by atoms with Gasteiger partial charge in [0.15, 0.2) is 0 Å². The van der Waals surface area contributed by atoms with E-state index >= 15 is 0 Å². The van der Waals surface area contributed by atoms with Crippen molar-refractivity contribution in [3.05, 3.63) is 12.2 Å². The van der Waals surface area contributed by atoms with Crippen LogP contribution in [0.25, 0.3) is 0 Å². The van der Waals surface area contributed by atoms with Crippen LogP contribution in [0.5, 0.6) is 0 Å². The summed E-state index contributed by atoms with van der Waals surface area (Å²) in [6.07, 6.45) is 3.14. The molecular weight excluding hydrogens is 638 g/mol. The molecule has 11 atom stereocenters. The lowest BCUT2D eigenvalue weighted by Crippen LogP contribution is -2.31. The molecule has 1 rings (SSSR count). The summed E-state index contributed by atoms with van der Waals surface area (Å²) in [5.74, 6) is 0. The van der Waals surface area contributed by atoms with Crippen molar-refractivity contribution in [3.63, 3.8) is 0 Å². The molecule has 1 aliphatic rings. The van der Waals surface area contributed by atoms with Crippen LogP contribution in [0, 0.1) is 5.41 Å². The van der Waals surface area contributed by atoms with Gasteiger partial charge in [-0.1, -0.05) is 27.4 Å². The monoisotopic (exact) mass is 676 g/mol. The lowest BCUT2D eigenvalue weighted by atomic mass is 9.88. The Balaban J connectivity index is 2.92. The molecule has 0 bridgehead atoms. The van der Waals surface area contributed by atoms with Crippen molar-refractivity contribution in [2.75, 3.05) is 6.61 Å². The average molecular weight is 676 g/mol. The lowest BCUT2D eigenvalue weighted by molar-refractivity contribution is -0.0329. The Labute approximate surface area is 209 Å². The maximum Gasteiger partial charge on any atom is 0.113 e. The van der Waals surface area contributed by atoms with Gasteiger partial charge in [0.25, 0.3) is 0 Å². The van der Waals surface area contributed by atoms with E-state index in [2.05, 4.69) is 98.8 Å². The summed E-state index contributed by atoms with van der Waals surface area (Å²) in [6.45, 7) is 10.6. The molecule has 0 radical (unpaired) electrons. The van der Waals surface area contributed by atoms with E-state index in [1.54, 1.807) is 0 Å². The van der Waals surface area contributed by atoms with E-state index < -0.39 is 15.1 Å². The predicted molar refractivity (Wildman–Crippen MR) is 181 cm³/mol. The largest absolute Gasteiger partial charge is 0.368 e. The highest BCUT2D eigenvalue weighted by molar-refractivity contribution is 8.96. The first kappa shape index (κ1) is 33.7. The quantitative estimate of drug-likeness (QED) is 0.152. The van der Waals surface area contributed by atoms with E-state index in [9.17, 15) is 0 Å². The van der Waals surface area contributed by atoms with Gasteiger partial charge < -0.3 is 13.8 Å². The number of hydrogen-bond donors (Lipinski definition) is 0. The second kappa shape index (κ2) is 16.6. The molecule has 30 heavy (non-hydrogen) atoms. The van der Waals surface area contributed by atoms with Gasteiger partial charge in [0.1, 0.15) is 6.10 Å². The van der Waals surface area contributed by atoms with Gasteiger partial charge in [-0.05, 0) is 58.2 Å². The maximum atomic E-state index is 6.75. The van der Waals surface area contributed by atoms with Gasteiger partial charge in [-0.15, -0.1) is 71.4 Å². The van der Waals surface area contributed by atoms with Crippen LogP contribution >= 0.6 is 114 Å². The van der Waals surface area contributed by atoms with Crippen molar-refractivity contribution in [3.8, 4) is 0 Å². The molecule has 0 aromatic heterocycles. The predicted octanol–water partition coefficient (Wildman–Crippen LogP) is 10.6. The third-order valence-corrected chi connectivity index (χ3v) is 49.2. The summed E-state index contributed by atoms with van der Waals surface area (Å²) in [5, 5.41) is 0. The third kappa shape index (κ3) is 12.9. The summed E-state index contributed by atoms with van der Waals surface area (Å²) < 4.78 is 19.8. The molecule has 1 aliphatic heterocycles. The molecule has 0 spiro atoms. The average Bonchev–Trinajstić information content (AvgIpc) is 2.94. The molecule has 1 fully saturated rings. The molecular formula is C13H38O3P14. The van der Waals surface area contributed by atoms with Crippen LogP contribution in [0.1, 0.15) is 40.0 Å². The molecule has 9 unspecified atom stereocenters. The Morgan fingerprint density at radius 1 is 0.967 bits per heavy atom. The number of ether oxygens (including phenoxy) is 1. The van der Waals surface area contributed by atoms with Crippen LogP contribution in [0.3, 0.4) is 0 Å². The summed E-state index contributed by atoms with van der Waals surface area (Å²) >= 11 is 0. The first-order valence-electron chi connectivity index (χ1n) is 9.13. The zero-order chi connectivity index (χ0) is 23.2. The normalized spacial score (nSPS) is 22.0. The SMILES string of the molecule is C=C1C[C@H](C(COP(P(P)P)P(P)P)OP(P(P)P)P(P)P)O[C@H]1CCC(C)(C)C. The van der Waals surface area contributed by atoms with Crippen LogP contribution in [0.15, 0.2) is 12.2 Å². The van der Waals surface area contributed by atoms with Crippen molar-refractivity contribution in [2.45, 2.75) is 58.3 Å². The summed E-state index contributed by atoms with van der Waals surface area (Å²) in [7, 11) is 22.5. The van der Waals surface area contributed by atoms with E-state index in [0.717, 1.165) is 19.3 Å². The molecule has 0 aliphatic carbocycles. The molecule has 0 aromatic carbocycles. The van der Waals surface area contributed by atoms with E-state index in [4.69, 9.17) is 13.8 Å². The maximum absolute atomic E-state index is 6.75. The van der Waals surface area contributed by atoms with Crippen LogP contribution in [0.2, 0.25) is 0 Å². The van der Waals surface area contributed by atoms with E-state index in [0.29, 0.717) is 12.0 Å². The van der Waals surface area contributed by atoms with Gasteiger partial charge in [0.05, 0.1) is 33.9 Å². The third-order valence-electron chi connectivity index (χ3n) is 4.20. The molecule has 0 amide bonds. The molecule has 0 aromatic rings. The van der Waals surface area contributed by atoms with Crippen LogP contribution in [-0.4, -0.2) is 24.9 Å². The van der Waals surface area contributed by atoms with Gasteiger partial charge in [-0.25, -0.2) is 0 Å². The fourth-order valence-electron chi connectivity index (χ4n) is 2.75. The Morgan fingerprint density at radius 2 is 1.47 bits per heavy atom. The lowest BCUT2D eigenvalue weighted by Gasteiger charge is -2.33. The summed E-state index contributed by atoms with van der Waals surface area (Å²) in [5.41, 5.74) is 1.51. The number of hydrogen-bond acceptors (Lipinski definition) is 3. The summed E-state index contributed by atoms with van der Waals surface area (Å²) in [4.78, 5) is 0. The highest BCUT2D eigenvalue weighted by Gasteiger charge is 2.38. The highest BCUT2D eigenvalue weighted by atomic mass is 33.0. The fraction of sp³-hybridized carbons (Fsp3) is 0.846. The Morgan fingerprint density at radius 3 is 1.90 bits per heavy atom. The molecule has 17 heteroatoms. The van der Waals surface area contributed by atoms with Crippen molar-refractivity contribution >= 4 is 114 Å². The zero-order valence-corrected chi connectivity index (χ0v) is 32.4. The van der Waals surface area contributed by atoms with Crippen molar-refractivity contribution < 1.29 is 13.8 Å². The van der Waals surface area contributed by atoms with Crippen LogP contribution in [0.4, 0.5) is 0 Å². The van der Waals surface area contributed by atoms with Gasteiger partial charge >= 0.3 is 0 Å². The standard InChI is InChI=1S/C13H38O3P14/c1-9-7-11(15-10(9)5-6-13(2,3)4)12(16-26(29(21)22)30(23)24)8-14-25(27(17)18)28(19)20/h10-12H,1,5-8,17-24H2,2-4H3/t10-,11+,12?/m0/s1. The van der Waals surface area contributed by atoms with E-state index in [1.807, 2.05) is 0 Å². The van der Waals surface area contributed by atoms with E-state index in [-0.39, 0.29) is 46.3 Å². The smallest absolute Gasteiger partial charge is 0.113 e. The van der Waals surface area contributed by atoms with Crippen molar-refractivity contribution in [2.24, 2.45) is 5.41 Å². The minimum atomic E-state index is -0.562. The summed E-state index contributed by atoms with van der Waals surface area (Å²) in [6, 6.07) is 0. The van der Waals surface area contributed by atoms with Crippen LogP contribution < -0.4 is 0 Å². The molecule has 0 N–H and O–H groups in total. The Bertz CT molecular complexity index is 512. The molecule has 178 valence electrons. The Hall–Kier alpha value is 5.64. The van der Waals surface area contributed by atoms with Gasteiger partial charge in [-0.2, -0.15) is 0 Å². The minimum Gasteiger partial charge on any atom is -0.368 e. The molecule has 1 saturated heterocycles. The number of rotatable bonds is 12. The first-order chi connectivity index (χ1) is 13.7. The van der Waals surface area contributed by atoms with Crippen molar-refractivity contribution in [1.29, 1.82) is 0 Å². The van der Waals surface area contributed by atoms with Gasteiger partial charge in [0.2, 0.25) is 0 Å². The fourth-order valence-corrected chi connectivity index (χ4v) is 68.6. The Kier molecular flexibility index (Phi) is 18.6. The zero-order valence-electron chi connectivity index (χ0n) is 17.8. The van der Waals surface area contributed by atoms with Gasteiger partial charge in [-0.3, -0.25) is 0 Å². The molecule has 0 saturated carbocycles. The molecule has 1 heterocycles. The first-order valence-corrected chi connectivity index (χ1v) is 32.8. The highest BCUT2D eigenvalue weighted by Crippen LogP contribution is 2.99. The molecule has 3 nitrogen and oxygen atoms in total. The topological polar surface area (TPSA) is 27.7 Å². The second-order valence-electron chi connectivity index (χ2n) is 8.09. The second-order valence-corrected chi connectivity index (χ2v) is 55.3. The van der Waals surface area contributed by atoms with Crippen molar-refractivity contribution in [1.82, 2.24) is 0 Å². The minimum absolute atomic E-state index is 0.0275. The van der Waals surface area contributed by atoms with Crippen LogP contribution in [-0.2, 0) is 13.8 Å².